The first-order valence-corrected chi connectivity index (χ1v) is 11.5. The summed E-state index contributed by atoms with van der Waals surface area (Å²) in [6.07, 6.45) is 0.464. The quantitative estimate of drug-likeness (QED) is 0.670. The molecule has 1 aliphatic rings. The van der Waals surface area contributed by atoms with Crippen LogP contribution in [0.5, 0.6) is 0 Å². The standard InChI is InChI=1S/C20H27N3O4S/c1-3-22(4-2)11-12-23(17-10-13-28(25,26)15-17)20(24)19-14-18(21-27-19)16-8-6-5-7-9-16/h5-9,14,17H,3-4,10-13,15H2,1-2H3. The van der Waals surface area contributed by atoms with Gasteiger partial charge in [0.1, 0.15) is 5.69 Å². The molecule has 0 aliphatic carbocycles. The van der Waals surface area contributed by atoms with E-state index in [0.717, 1.165) is 18.7 Å². The molecule has 3 rings (SSSR count). The van der Waals surface area contributed by atoms with Gasteiger partial charge in [0.05, 0.1) is 11.5 Å². The minimum Gasteiger partial charge on any atom is -0.350 e. The van der Waals surface area contributed by atoms with Crippen molar-refractivity contribution in [2.45, 2.75) is 26.3 Å². The molecule has 0 spiro atoms. The van der Waals surface area contributed by atoms with Gasteiger partial charge in [0.25, 0.3) is 5.91 Å². The van der Waals surface area contributed by atoms with E-state index in [0.29, 0.717) is 25.2 Å². The Kier molecular flexibility index (Phi) is 6.51. The average Bonchev–Trinajstić information content (AvgIpc) is 3.32. The molecule has 8 heteroatoms. The van der Waals surface area contributed by atoms with Gasteiger partial charge in [-0.05, 0) is 19.5 Å². The average molecular weight is 406 g/mol. The van der Waals surface area contributed by atoms with Gasteiger partial charge < -0.3 is 14.3 Å². The third kappa shape index (κ3) is 4.80. The van der Waals surface area contributed by atoms with Crippen molar-refractivity contribution < 1.29 is 17.7 Å². The van der Waals surface area contributed by atoms with Gasteiger partial charge in [-0.2, -0.15) is 0 Å². The maximum absolute atomic E-state index is 13.2. The number of benzene rings is 1. The first-order chi connectivity index (χ1) is 13.4. The van der Waals surface area contributed by atoms with Gasteiger partial charge in [0.2, 0.25) is 5.76 Å². The number of aromatic nitrogens is 1. The Morgan fingerprint density at radius 3 is 2.50 bits per heavy atom. The van der Waals surface area contributed by atoms with E-state index in [2.05, 4.69) is 23.9 Å². The molecular formula is C20H27N3O4S. The second-order valence-corrected chi connectivity index (χ2v) is 9.25. The monoisotopic (exact) mass is 405 g/mol. The van der Waals surface area contributed by atoms with Crippen molar-refractivity contribution in [1.29, 1.82) is 0 Å². The Balaban J connectivity index is 1.81. The van der Waals surface area contributed by atoms with E-state index in [-0.39, 0.29) is 29.2 Å². The van der Waals surface area contributed by atoms with Gasteiger partial charge in [0, 0.05) is 30.8 Å². The third-order valence-electron chi connectivity index (χ3n) is 5.25. The summed E-state index contributed by atoms with van der Waals surface area (Å²) in [5, 5.41) is 4.02. The predicted octanol–water partition coefficient (Wildman–Crippen LogP) is 2.31. The number of carbonyl (C=O) groups is 1. The van der Waals surface area contributed by atoms with Crippen LogP contribution in [0.1, 0.15) is 30.8 Å². The topological polar surface area (TPSA) is 83.7 Å². The first-order valence-electron chi connectivity index (χ1n) is 9.69. The van der Waals surface area contributed by atoms with Crippen molar-refractivity contribution in [2.75, 3.05) is 37.7 Å². The van der Waals surface area contributed by atoms with Crippen LogP contribution in [0, 0.1) is 0 Å². The lowest BCUT2D eigenvalue weighted by atomic mass is 10.1. The largest absolute Gasteiger partial charge is 0.350 e. The lowest BCUT2D eigenvalue weighted by molar-refractivity contribution is 0.0632. The van der Waals surface area contributed by atoms with E-state index in [1.165, 1.54) is 0 Å². The molecule has 1 saturated heterocycles. The first kappa shape index (κ1) is 20.5. The van der Waals surface area contributed by atoms with Crippen LogP contribution in [-0.4, -0.2) is 73.0 Å². The molecule has 1 atom stereocenters. The number of hydrogen-bond donors (Lipinski definition) is 0. The molecule has 1 aliphatic heterocycles. The molecule has 1 amide bonds. The molecule has 0 bridgehead atoms. The van der Waals surface area contributed by atoms with Crippen LogP contribution in [0.3, 0.4) is 0 Å². The van der Waals surface area contributed by atoms with Crippen LogP contribution in [0.15, 0.2) is 40.9 Å². The molecule has 0 radical (unpaired) electrons. The van der Waals surface area contributed by atoms with E-state index in [9.17, 15) is 13.2 Å². The molecule has 2 heterocycles. The highest BCUT2D eigenvalue weighted by molar-refractivity contribution is 7.91. The Morgan fingerprint density at radius 1 is 1.18 bits per heavy atom. The number of likely N-dealkylation sites (N-methyl/N-ethyl adjacent to an activating group) is 1. The van der Waals surface area contributed by atoms with Gasteiger partial charge in [0.15, 0.2) is 9.84 Å². The minimum absolute atomic E-state index is 0.0106. The minimum atomic E-state index is -3.10. The zero-order valence-electron chi connectivity index (χ0n) is 16.4. The molecule has 2 aromatic rings. The van der Waals surface area contributed by atoms with Crippen LogP contribution in [0.2, 0.25) is 0 Å². The fourth-order valence-corrected chi connectivity index (χ4v) is 5.25. The van der Waals surface area contributed by atoms with E-state index in [1.54, 1.807) is 11.0 Å². The third-order valence-corrected chi connectivity index (χ3v) is 7.00. The highest BCUT2D eigenvalue weighted by atomic mass is 32.2. The van der Waals surface area contributed by atoms with Crippen molar-refractivity contribution >= 4 is 15.7 Å². The molecule has 7 nitrogen and oxygen atoms in total. The van der Waals surface area contributed by atoms with Crippen molar-refractivity contribution in [2.24, 2.45) is 0 Å². The lowest BCUT2D eigenvalue weighted by Gasteiger charge is -2.30. The lowest BCUT2D eigenvalue weighted by Crippen LogP contribution is -2.45. The SMILES string of the molecule is CCN(CC)CCN(C(=O)c1cc(-c2ccccc2)no1)C1CCS(=O)(=O)C1. The van der Waals surface area contributed by atoms with Crippen LogP contribution < -0.4 is 0 Å². The molecule has 0 N–H and O–H groups in total. The van der Waals surface area contributed by atoms with Crippen molar-refractivity contribution in [3.63, 3.8) is 0 Å². The Labute approximate surface area is 166 Å². The summed E-state index contributed by atoms with van der Waals surface area (Å²) in [6.45, 7) is 7.04. The number of hydrogen-bond acceptors (Lipinski definition) is 6. The van der Waals surface area contributed by atoms with Crippen molar-refractivity contribution in [1.82, 2.24) is 15.0 Å². The molecule has 1 aromatic carbocycles. The molecule has 1 fully saturated rings. The second-order valence-electron chi connectivity index (χ2n) is 7.02. The summed E-state index contributed by atoms with van der Waals surface area (Å²) >= 11 is 0. The zero-order chi connectivity index (χ0) is 20.1. The molecule has 1 unspecified atom stereocenters. The Bertz CT molecular complexity index is 891. The normalized spacial score (nSPS) is 18.5. The van der Waals surface area contributed by atoms with Gasteiger partial charge in [-0.15, -0.1) is 0 Å². The fraction of sp³-hybridized carbons (Fsp3) is 0.500. The number of rotatable bonds is 8. The van der Waals surface area contributed by atoms with Gasteiger partial charge in [-0.1, -0.05) is 49.3 Å². The van der Waals surface area contributed by atoms with Crippen LogP contribution in [0.4, 0.5) is 0 Å². The number of carbonyl (C=O) groups excluding carboxylic acids is 1. The Hall–Kier alpha value is -2.19. The van der Waals surface area contributed by atoms with Gasteiger partial charge in [-0.25, -0.2) is 8.42 Å². The molecule has 152 valence electrons. The Morgan fingerprint density at radius 2 is 1.89 bits per heavy atom. The molecule has 1 aromatic heterocycles. The summed E-state index contributed by atoms with van der Waals surface area (Å²) < 4.78 is 29.2. The molecular weight excluding hydrogens is 378 g/mol. The summed E-state index contributed by atoms with van der Waals surface area (Å²) in [5.41, 5.74) is 1.45. The number of nitrogens with zero attached hydrogens (tertiary/aromatic N) is 3. The van der Waals surface area contributed by atoms with E-state index in [4.69, 9.17) is 4.52 Å². The van der Waals surface area contributed by atoms with Crippen molar-refractivity contribution in [3.05, 3.63) is 42.2 Å². The van der Waals surface area contributed by atoms with E-state index < -0.39 is 9.84 Å². The smallest absolute Gasteiger partial charge is 0.292 e. The van der Waals surface area contributed by atoms with Crippen molar-refractivity contribution in [3.8, 4) is 11.3 Å². The van der Waals surface area contributed by atoms with Crippen LogP contribution in [0.25, 0.3) is 11.3 Å². The number of amides is 1. The summed E-state index contributed by atoms with van der Waals surface area (Å²) in [7, 11) is -3.10. The molecule has 0 saturated carbocycles. The fourth-order valence-electron chi connectivity index (χ4n) is 3.52. The van der Waals surface area contributed by atoms with Crippen LogP contribution >= 0.6 is 0 Å². The van der Waals surface area contributed by atoms with Gasteiger partial charge in [-0.3, -0.25) is 4.79 Å². The maximum Gasteiger partial charge on any atom is 0.292 e. The van der Waals surface area contributed by atoms with E-state index >= 15 is 0 Å². The highest BCUT2D eigenvalue weighted by Crippen LogP contribution is 2.23. The zero-order valence-corrected chi connectivity index (χ0v) is 17.2. The molecule has 28 heavy (non-hydrogen) atoms. The number of sulfone groups is 1. The van der Waals surface area contributed by atoms with E-state index in [1.807, 2.05) is 30.3 Å². The summed E-state index contributed by atoms with van der Waals surface area (Å²) in [5.74, 6) is -0.0265. The summed E-state index contributed by atoms with van der Waals surface area (Å²) in [4.78, 5) is 17.0. The predicted molar refractivity (Wildman–Crippen MR) is 108 cm³/mol. The van der Waals surface area contributed by atoms with Gasteiger partial charge >= 0.3 is 0 Å². The second kappa shape index (κ2) is 8.87. The highest BCUT2D eigenvalue weighted by Gasteiger charge is 2.36. The maximum atomic E-state index is 13.2. The van der Waals surface area contributed by atoms with Crippen LogP contribution in [-0.2, 0) is 9.84 Å². The summed E-state index contributed by atoms with van der Waals surface area (Å²) in [6, 6.07) is 10.8.